The first-order valence-corrected chi connectivity index (χ1v) is 6.74. The van der Waals surface area contributed by atoms with Crippen LogP contribution in [0.25, 0.3) is 0 Å². The Balaban J connectivity index is 1.86. The summed E-state index contributed by atoms with van der Waals surface area (Å²) < 4.78 is 0. The van der Waals surface area contributed by atoms with Gasteiger partial charge in [-0.15, -0.1) is 0 Å². The number of pyridine rings is 1. The van der Waals surface area contributed by atoms with Crippen LogP contribution in [0.3, 0.4) is 0 Å². The predicted molar refractivity (Wildman–Crippen MR) is 70.2 cm³/mol. The molecule has 4 heteroatoms. The van der Waals surface area contributed by atoms with Crippen molar-refractivity contribution in [3.63, 3.8) is 0 Å². The fourth-order valence-corrected chi connectivity index (χ4v) is 3.25. The van der Waals surface area contributed by atoms with E-state index in [2.05, 4.69) is 4.98 Å². The van der Waals surface area contributed by atoms with E-state index in [4.69, 9.17) is 5.73 Å². The van der Waals surface area contributed by atoms with E-state index in [1.165, 1.54) is 12.8 Å². The Labute approximate surface area is 107 Å². The number of amides is 1. The van der Waals surface area contributed by atoms with Gasteiger partial charge in [-0.05, 0) is 43.7 Å². The summed E-state index contributed by atoms with van der Waals surface area (Å²) in [5, 5.41) is 0. The third kappa shape index (κ3) is 1.85. The molecule has 2 bridgehead atoms. The van der Waals surface area contributed by atoms with Crippen LogP contribution < -0.4 is 5.73 Å². The van der Waals surface area contributed by atoms with Gasteiger partial charge in [0.05, 0.1) is 0 Å². The Morgan fingerprint density at radius 3 is 2.94 bits per heavy atom. The molecule has 2 N–H and O–H groups in total. The number of hydrogen-bond donors (Lipinski definition) is 1. The Morgan fingerprint density at radius 2 is 2.33 bits per heavy atom. The first-order chi connectivity index (χ1) is 8.67. The van der Waals surface area contributed by atoms with Crippen LogP contribution in [0.15, 0.2) is 12.1 Å². The molecule has 1 aromatic heterocycles. The Hall–Kier alpha value is -1.58. The van der Waals surface area contributed by atoms with E-state index in [-0.39, 0.29) is 5.91 Å². The number of carbonyl (C=O) groups is 1. The molecule has 1 saturated heterocycles. The number of carbonyl (C=O) groups excluding carboxylic acids is 1. The first-order valence-electron chi connectivity index (χ1n) is 6.74. The zero-order valence-electron chi connectivity index (χ0n) is 10.7. The van der Waals surface area contributed by atoms with E-state index in [0.717, 1.165) is 31.0 Å². The van der Waals surface area contributed by atoms with Gasteiger partial charge in [0.25, 0.3) is 5.91 Å². The molecule has 0 spiro atoms. The number of fused-ring (bicyclic) bond motifs is 2. The minimum absolute atomic E-state index is 0.131. The lowest BCUT2D eigenvalue weighted by atomic mass is 10.1. The zero-order chi connectivity index (χ0) is 12.7. The maximum absolute atomic E-state index is 12.5. The molecule has 1 amide bonds. The third-order valence-electron chi connectivity index (χ3n) is 4.18. The van der Waals surface area contributed by atoms with Crippen molar-refractivity contribution >= 4 is 11.7 Å². The van der Waals surface area contributed by atoms with Gasteiger partial charge in [0, 0.05) is 23.8 Å². The predicted octanol–water partition coefficient (Wildman–Crippen LogP) is 1.85. The highest BCUT2D eigenvalue weighted by Crippen LogP contribution is 2.38. The molecule has 2 atom stereocenters. The molecule has 2 aliphatic rings. The molecule has 1 aliphatic heterocycles. The summed E-state index contributed by atoms with van der Waals surface area (Å²) in [4.78, 5) is 18.7. The summed E-state index contributed by atoms with van der Waals surface area (Å²) >= 11 is 0. The van der Waals surface area contributed by atoms with Crippen molar-refractivity contribution in [3.8, 4) is 0 Å². The highest BCUT2D eigenvalue weighted by molar-refractivity contribution is 5.95. The molecule has 0 radical (unpaired) electrons. The summed E-state index contributed by atoms with van der Waals surface area (Å²) in [7, 11) is 0. The number of nitrogens with two attached hydrogens (primary N) is 1. The normalized spacial score (nSPS) is 25.7. The van der Waals surface area contributed by atoms with Crippen molar-refractivity contribution in [2.45, 2.75) is 38.6 Å². The van der Waals surface area contributed by atoms with E-state index in [1.54, 1.807) is 6.07 Å². The number of aryl methyl sites for hydroxylation is 1. The molecule has 2 fully saturated rings. The van der Waals surface area contributed by atoms with Crippen molar-refractivity contribution in [1.82, 2.24) is 9.88 Å². The van der Waals surface area contributed by atoms with E-state index in [0.29, 0.717) is 17.4 Å². The number of piperidine rings is 1. The number of anilines is 1. The molecule has 4 nitrogen and oxygen atoms in total. The molecule has 2 unspecified atom stereocenters. The second-order valence-electron chi connectivity index (χ2n) is 5.42. The molecule has 18 heavy (non-hydrogen) atoms. The van der Waals surface area contributed by atoms with Gasteiger partial charge in [0.15, 0.2) is 0 Å². The smallest absolute Gasteiger partial charge is 0.254 e. The molecule has 1 saturated carbocycles. The standard InChI is InChI=1S/C14H19N3O/c1-2-11-6-10(7-13(15)16-11)14(18)17-8-9-3-4-12(17)5-9/h6-7,9,12H,2-5,8H2,1H3,(H2,15,16). The van der Waals surface area contributed by atoms with Crippen molar-refractivity contribution in [3.05, 3.63) is 23.4 Å². The number of rotatable bonds is 2. The Morgan fingerprint density at radius 1 is 1.50 bits per heavy atom. The average molecular weight is 245 g/mol. The lowest BCUT2D eigenvalue weighted by molar-refractivity contribution is 0.0703. The monoisotopic (exact) mass is 245 g/mol. The SMILES string of the molecule is CCc1cc(C(=O)N2CC3CCC2C3)cc(N)n1. The number of hydrogen-bond acceptors (Lipinski definition) is 3. The lowest BCUT2D eigenvalue weighted by Crippen LogP contribution is -2.37. The first kappa shape index (κ1) is 11.5. The summed E-state index contributed by atoms with van der Waals surface area (Å²) in [6.45, 7) is 2.95. The summed E-state index contributed by atoms with van der Waals surface area (Å²) in [5.41, 5.74) is 7.36. The van der Waals surface area contributed by atoms with Crippen molar-refractivity contribution in [2.24, 2.45) is 5.92 Å². The minimum Gasteiger partial charge on any atom is -0.384 e. The maximum atomic E-state index is 12.5. The van der Waals surface area contributed by atoms with Gasteiger partial charge < -0.3 is 10.6 Å². The van der Waals surface area contributed by atoms with Crippen molar-refractivity contribution in [1.29, 1.82) is 0 Å². The van der Waals surface area contributed by atoms with Gasteiger partial charge in [-0.3, -0.25) is 4.79 Å². The van der Waals surface area contributed by atoms with Crippen LogP contribution >= 0.6 is 0 Å². The number of likely N-dealkylation sites (tertiary alicyclic amines) is 1. The second-order valence-corrected chi connectivity index (χ2v) is 5.42. The quantitative estimate of drug-likeness (QED) is 0.865. The van der Waals surface area contributed by atoms with Crippen LogP contribution in [0.2, 0.25) is 0 Å². The molecule has 0 aromatic carbocycles. The largest absolute Gasteiger partial charge is 0.384 e. The van der Waals surface area contributed by atoms with Crippen LogP contribution in [0.1, 0.15) is 42.2 Å². The van der Waals surface area contributed by atoms with Gasteiger partial charge in [0.2, 0.25) is 0 Å². The highest BCUT2D eigenvalue weighted by atomic mass is 16.2. The fourth-order valence-electron chi connectivity index (χ4n) is 3.25. The zero-order valence-corrected chi connectivity index (χ0v) is 10.7. The van der Waals surface area contributed by atoms with E-state index in [1.807, 2.05) is 17.9 Å². The van der Waals surface area contributed by atoms with Gasteiger partial charge in [-0.1, -0.05) is 6.92 Å². The summed E-state index contributed by atoms with van der Waals surface area (Å²) in [6, 6.07) is 4.04. The number of aromatic nitrogens is 1. The Bertz CT molecular complexity index is 486. The minimum atomic E-state index is 0.131. The van der Waals surface area contributed by atoms with Crippen LogP contribution in [-0.2, 0) is 6.42 Å². The van der Waals surface area contributed by atoms with Crippen LogP contribution in [0.5, 0.6) is 0 Å². The van der Waals surface area contributed by atoms with E-state index in [9.17, 15) is 4.79 Å². The molecular formula is C14H19N3O. The van der Waals surface area contributed by atoms with Crippen molar-refractivity contribution < 1.29 is 4.79 Å². The van der Waals surface area contributed by atoms with Gasteiger partial charge in [0.1, 0.15) is 5.82 Å². The van der Waals surface area contributed by atoms with E-state index < -0.39 is 0 Å². The van der Waals surface area contributed by atoms with Crippen LogP contribution in [0, 0.1) is 5.92 Å². The highest BCUT2D eigenvalue weighted by Gasteiger charge is 2.40. The number of nitrogen functional groups attached to an aromatic ring is 1. The summed E-state index contributed by atoms with van der Waals surface area (Å²) in [6.07, 6.45) is 4.44. The molecule has 96 valence electrons. The topological polar surface area (TPSA) is 59.2 Å². The maximum Gasteiger partial charge on any atom is 0.254 e. The van der Waals surface area contributed by atoms with Crippen LogP contribution in [-0.4, -0.2) is 28.4 Å². The average Bonchev–Trinajstić information content (AvgIpc) is 2.99. The fraction of sp³-hybridized carbons (Fsp3) is 0.571. The lowest BCUT2D eigenvalue weighted by Gasteiger charge is -2.27. The molecule has 2 heterocycles. The Kier molecular flexibility index (Phi) is 2.73. The van der Waals surface area contributed by atoms with Gasteiger partial charge >= 0.3 is 0 Å². The molecule has 1 aliphatic carbocycles. The molecule has 3 rings (SSSR count). The van der Waals surface area contributed by atoms with Gasteiger partial charge in [-0.2, -0.15) is 0 Å². The summed E-state index contributed by atoms with van der Waals surface area (Å²) in [5.74, 6) is 1.30. The van der Waals surface area contributed by atoms with Crippen LogP contribution in [0.4, 0.5) is 5.82 Å². The second kappa shape index (κ2) is 4.26. The molecular weight excluding hydrogens is 226 g/mol. The van der Waals surface area contributed by atoms with E-state index >= 15 is 0 Å². The number of nitrogens with zero attached hydrogens (tertiary/aromatic N) is 2. The van der Waals surface area contributed by atoms with Crippen molar-refractivity contribution in [2.75, 3.05) is 12.3 Å². The third-order valence-corrected chi connectivity index (χ3v) is 4.18. The van der Waals surface area contributed by atoms with Gasteiger partial charge in [-0.25, -0.2) is 4.98 Å². The molecule has 1 aromatic rings.